The van der Waals surface area contributed by atoms with Gasteiger partial charge in [0.2, 0.25) is 11.5 Å². The average Bonchev–Trinajstić information content (AvgIpc) is 2.69. The number of benzene rings is 1. The van der Waals surface area contributed by atoms with Crippen LogP contribution in [-0.2, 0) is 23.8 Å². The molecular weight excluding hydrogens is 432 g/mol. The Balaban J connectivity index is 3.65. The monoisotopic (exact) mass is 464 g/mol. The second-order valence-corrected chi connectivity index (χ2v) is 8.23. The van der Waals surface area contributed by atoms with E-state index in [2.05, 4.69) is 0 Å². The summed E-state index contributed by atoms with van der Waals surface area (Å²) in [5, 5.41) is 0. The van der Waals surface area contributed by atoms with Gasteiger partial charge in [-0.2, -0.15) is 0 Å². The van der Waals surface area contributed by atoms with E-state index in [-0.39, 0.29) is 28.6 Å². The fourth-order valence-electron chi connectivity index (χ4n) is 2.36. The minimum Gasteiger partial charge on any atom is -0.463 e. The summed E-state index contributed by atoms with van der Waals surface area (Å²) in [6, 6.07) is 4.46. The zero-order chi connectivity index (χ0) is 25.3. The van der Waals surface area contributed by atoms with E-state index in [9.17, 15) is 14.4 Å². The molecule has 0 bridgehead atoms. The Kier molecular flexibility index (Phi) is 9.77. The predicted molar refractivity (Wildman–Crippen MR) is 120 cm³/mol. The quantitative estimate of drug-likeness (QED) is 0.234. The molecule has 0 aliphatic carbocycles. The lowest BCUT2D eigenvalue weighted by atomic mass is 10.1. The van der Waals surface area contributed by atoms with E-state index in [0.717, 1.165) is 0 Å². The van der Waals surface area contributed by atoms with Crippen LogP contribution < -0.4 is 9.47 Å². The van der Waals surface area contributed by atoms with Crippen molar-refractivity contribution < 1.29 is 38.1 Å². The lowest BCUT2D eigenvalue weighted by Crippen LogP contribution is -2.25. The third-order valence-corrected chi connectivity index (χ3v) is 3.55. The first-order valence-electron chi connectivity index (χ1n) is 9.94. The standard InChI is InChI=1S/C23H32N2O8/c1-23(2,3)33-22(28)19-15(31-17(13-24(4)5)20(26)29-8)11-10-12-16(19)32-18(14-25(6)7)21(27)30-9/h10-14H,1-9H3/b17-13-,18-14-. The number of carbonyl (C=O) groups excluding carboxylic acids is 3. The first kappa shape index (κ1) is 27.3. The Bertz CT molecular complexity index is 869. The van der Waals surface area contributed by atoms with E-state index < -0.39 is 23.5 Å². The molecule has 10 heteroatoms. The van der Waals surface area contributed by atoms with Crippen molar-refractivity contribution in [2.45, 2.75) is 26.4 Å². The lowest BCUT2D eigenvalue weighted by molar-refractivity contribution is -0.139. The Morgan fingerprint density at radius 2 is 1.18 bits per heavy atom. The highest BCUT2D eigenvalue weighted by atomic mass is 16.6. The maximum Gasteiger partial charge on any atom is 0.375 e. The van der Waals surface area contributed by atoms with Gasteiger partial charge >= 0.3 is 17.9 Å². The van der Waals surface area contributed by atoms with Gasteiger partial charge in [0.15, 0.2) is 0 Å². The first-order valence-corrected chi connectivity index (χ1v) is 9.94. The molecule has 0 atom stereocenters. The van der Waals surface area contributed by atoms with Crippen LogP contribution in [0.15, 0.2) is 42.1 Å². The normalized spacial score (nSPS) is 11.9. The summed E-state index contributed by atoms with van der Waals surface area (Å²) in [5.74, 6) is -2.72. The zero-order valence-corrected chi connectivity index (χ0v) is 20.5. The van der Waals surface area contributed by atoms with Crippen LogP contribution in [0.25, 0.3) is 0 Å². The molecule has 0 heterocycles. The maximum absolute atomic E-state index is 13.1. The Labute approximate surface area is 194 Å². The minimum atomic E-state index is -0.837. The molecule has 0 saturated carbocycles. The van der Waals surface area contributed by atoms with Gasteiger partial charge in [-0.1, -0.05) is 6.07 Å². The van der Waals surface area contributed by atoms with Gasteiger partial charge < -0.3 is 33.5 Å². The fraction of sp³-hybridized carbons (Fsp3) is 0.435. The number of esters is 3. The lowest BCUT2D eigenvalue weighted by Gasteiger charge is -2.22. The zero-order valence-electron chi connectivity index (χ0n) is 20.5. The van der Waals surface area contributed by atoms with Gasteiger partial charge in [-0.25, -0.2) is 14.4 Å². The first-order chi connectivity index (χ1) is 15.3. The highest BCUT2D eigenvalue weighted by Crippen LogP contribution is 2.33. The van der Waals surface area contributed by atoms with Crippen molar-refractivity contribution >= 4 is 17.9 Å². The summed E-state index contributed by atoms with van der Waals surface area (Å²) < 4.78 is 26.6. The molecule has 1 aromatic carbocycles. The van der Waals surface area contributed by atoms with Crippen molar-refractivity contribution in [3.8, 4) is 11.5 Å². The van der Waals surface area contributed by atoms with Crippen molar-refractivity contribution in [2.75, 3.05) is 42.4 Å². The molecule has 0 radical (unpaired) electrons. The number of nitrogens with zero attached hydrogens (tertiary/aromatic N) is 2. The Hall–Kier alpha value is -3.69. The second kappa shape index (κ2) is 11.8. The van der Waals surface area contributed by atoms with Gasteiger partial charge in [0.25, 0.3) is 0 Å². The number of hydrogen-bond donors (Lipinski definition) is 0. The van der Waals surface area contributed by atoms with Crippen molar-refractivity contribution in [2.24, 2.45) is 0 Å². The number of rotatable bonds is 9. The molecule has 0 N–H and O–H groups in total. The summed E-state index contributed by atoms with van der Waals surface area (Å²) >= 11 is 0. The van der Waals surface area contributed by atoms with Gasteiger partial charge in [-0.05, 0) is 32.9 Å². The molecule has 0 spiro atoms. The molecule has 0 aromatic heterocycles. The van der Waals surface area contributed by atoms with Crippen molar-refractivity contribution in [1.82, 2.24) is 9.80 Å². The fourth-order valence-corrected chi connectivity index (χ4v) is 2.36. The molecule has 10 nitrogen and oxygen atoms in total. The van der Waals surface area contributed by atoms with Crippen LogP contribution in [-0.4, -0.2) is 75.7 Å². The number of carbonyl (C=O) groups is 3. The van der Waals surface area contributed by atoms with Gasteiger partial charge in [0, 0.05) is 40.6 Å². The van der Waals surface area contributed by atoms with E-state index in [1.807, 2.05) is 0 Å². The second-order valence-electron chi connectivity index (χ2n) is 8.23. The summed E-state index contributed by atoms with van der Waals surface area (Å²) in [4.78, 5) is 40.7. The molecule has 0 amide bonds. The molecule has 1 aromatic rings. The smallest absolute Gasteiger partial charge is 0.375 e. The van der Waals surface area contributed by atoms with Gasteiger partial charge in [0.05, 0.1) is 14.2 Å². The molecule has 1 rings (SSSR count). The third-order valence-electron chi connectivity index (χ3n) is 3.55. The van der Waals surface area contributed by atoms with Crippen LogP contribution in [0.2, 0.25) is 0 Å². The van der Waals surface area contributed by atoms with Gasteiger partial charge in [-0.3, -0.25) is 0 Å². The van der Waals surface area contributed by atoms with Crippen molar-refractivity contribution in [1.29, 1.82) is 0 Å². The van der Waals surface area contributed by atoms with E-state index in [0.29, 0.717) is 0 Å². The van der Waals surface area contributed by atoms with E-state index >= 15 is 0 Å². The summed E-state index contributed by atoms with van der Waals surface area (Å²) in [5.41, 5.74) is -0.967. The van der Waals surface area contributed by atoms with E-state index in [4.69, 9.17) is 23.7 Å². The van der Waals surface area contributed by atoms with E-state index in [1.54, 1.807) is 58.8 Å². The average molecular weight is 465 g/mol. The minimum absolute atomic E-state index is 0.0330. The van der Waals surface area contributed by atoms with Crippen LogP contribution in [0, 0.1) is 0 Å². The summed E-state index contributed by atoms with van der Waals surface area (Å²) in [6.07, 6.45) is 2.79. The van der Waals surface area contributed by atoms with Crippen molar-refractivity contribution in [3.05, 3.63) is 47.7 Å². The molecule has 0 aliphatic heterocycles. The number of hydrogen-bond acceptors (Lipinski definition) is 10. The Morgan fingerprint density at radius 3 is 1.48 bits per heavy atom. The molecule has 0 saturated heterocycles. The highest BCUT2D eigenvalue weighted by Gasteiger charge is 2.28. The number of methoxy groups -OCH3 is 2. The molecule has 0 unspecified atom stereocenters. The molecule has 0 aliphatic rings. The highest BCUT2D eigenvalue weighted by molar-refractivity contribution is 5.97. The van der Waals surface area contributed by atoms with Crippen LogP contribution >= 0.6 is 0 Å². The topological polar surface area (TPSA) is 104 Å². The molecule has 0 fully saturated rings. The SMILES string of the molecule is COC(=O)/C(=C/N(C)C)Oc1cccc(O/C(=C\N(C)C)C(=O)OC)c1C(=O)OC(C)(C)C. The van der Waals surface area contributed by atoms with Crippen molar-refractivity contribution in [3.63, 3.8) is 0 Å². The predicted octanol–water partition coefficient (Wildman–Crippen LogP) is 2.55. The van der Waals surface area contributed by atoms with Gasteiger partial charge in [0.1, 0.15) is 22.7 Å². The van der Waals surface area contributed by atoms with E-state index in [1.165, 1.54) is 44.8 Å². The maximum atomic E-state index is 13.1. The molecular formula is C23H32N2O8. The summed E-state index contributed by atoms with van der Waals surface area (Å²) in [7, 11) is 9.17. The summed E-state index contributed by atoms with van der Waals surface area (Å²) in [6.45, 7) is 5.10. The van der Waals surface area contributed by atoms with Crippen LogP contribution in [0.1, 0.15) is 31.1 Å². The third kappa shape index (κ3) is 8.76. The molecule has 33 heavy (non-hydrogen) atoms. The Morgan fingerprint density at radius 1 is 0.788 bits per heavy atom. The van der Waals surface area contributed by atoms with Gasteiger partial charge in [-0.15, -0.1) is 0 Å². The molecule has 182 valence electrons. The van der Waals surface area contributed by atoms with Crippen LogP contribution in [0.5, 0.6) is 11.5 Å². The van der Waals surface area contributed by atoms with Crippen LogP contribution in [0.4, 0.5) is 0 Å². The number of ether oxygens (including phenoxy) is 5. The van der Waals surface area contributed by atoms with Crippen LogP contribution in [0.3, 0.4) is 0 Å². The largest absolute Gasteiger partial charge is 0.463 e.